The lowest BCUT2D eigenvalue weighted by Crippen LogP contribution is -2.28. The first-order chi connectivity index (χ1) is 16.8. The number of carboxylic acid groups (broad SMARTS) is 2. The Balaban J connectivity index is -0.000000405. The second kappa shape index (κ2) is 23.3. The molecular formula is C27H41NO8. The summed E-state index contributed by atoms with van der Waals surface area (Å²) in [5, 5.41) is 33.8. The van der Waals surface area contributed by atoms with E-state index in [-0.39, 0.29) is 23.6 Å². The van der Waals surface area contributed by atoms with Gasteiger partial charge in [0.05, 0.1) is 5.41 Å². The summed E-state index contributed by atoms with van der Waals surface area (Å²) in [5.74, 6) is -2.14. The molecule has 36 heavy (non-hydrogen) atoms. The molecule has 1 aliphatic rings. The lowest BCUT2D eigenvalue weighted by Gasteiger charge is -2.23. The number of pyridine rings is 1. The van der Waals surface area contributed by atoms with Gasteiger partial charge in [0.1, 0.15) is 6.10 Å². The van der Waals surface area contributed by atoms with Gasteiger partial charge in [0.25, 0.3) is 0 Å². The van der Waals surface area contributed by atoms with Crippen LogP contribution in [0.5, 0.6) is 0 Å². The van der Waals surface area contributed by atoms with Gasteiger partial charge in [-0.05, 0) is 51.8 Å². The number of aromatic nitrogens is 1. The van der Waals surface area contributed by atoms with Crippen molar-refractivity contribution in [2.45, 2.75) is 66.4 Å². The van der Waals surface area contributed by atoms with Gasteiger partial charge >= 0.3 is 11.9 Å². The fraction of sp³-hybridized carbons (Fsp3) is 0.444. The number of carbonyl (C=O) groups excluding carboxylic acids is 2. The molecule has 0 amide bonds. The van der Waals surface area contributed by atoms with Gasteiger partial charge in [-0.2, -0.15) is 0 Å². The molecule has 202 valence electrons. The van der Waals surface area contributed by atoms with E-state index >= 15 is 0 Å². The molecule has 0 saturated carbocycles. The zero-order valence-electron chi connectivity index (χ0n) is 21.9. The van der Waals surface area contributed by atoms with E-state index in [0.717, 1.165) is 12.8 Å². The van der Waals surface area contributed by atoms with Crippen LogP contribution in [0.25, 0.3) is 0 Å². The zero-order valence-corrected chi connectivity index (χ0v) is 21.9. The number of unbranched alkanes of at least 4 members (excludes halogenated alkanes) is 1. The molecule has 1 heterocycles. The van der Waals surface area contributed by atoms with E-state index in [9.17, 15) is 19.2 Å². The van der Waals surface area contributed by atoms with Crippen molar-refractivity contribution in [1.82, 2.24) is 4.98 Å². The quantitative estimate of drug-likeness (QED) is 0.399. The number of aliphatic carboxylic acids is 2. The Bertz CT molecular complexity index is 803. The molecule has 4 N–H and O–H groups in total. The van der Waals surface area contributed by atoms with Crippen molar-refractivity contribution in [2.24, 2.45) is 5.41 Å². The maximum absolute atomic E-state index is 10.8. The van der Waals surface area contributed by atoms with E-state index in [1.807, 2.05) is 25.1 Å². The Morgan fingerprint density at radius 1 is 1.14 bits per heavy atom. The molecular weight excluding hydrogens is 466 g/mol. The molecule has 0 radical (unpaired) electrons. The molecule has 0 spiro atoms. The Labute approximate surface area is 213 Å². The van der Waals surface area contributed by atoms with Gasteiger partial charge < -0.3 is 20.4 Å². The minimum Gasteiger partial charge on any atom is -0.481 e. The predicted molar refractivity (Wildman–Crippen MR) is 139 cm³/mol. The van der Waals surface area contributed by atoms with E-state index < -0.39 is 23.5 Å². The van der Waals surface area contributed by atoms with Crippen LogP contribution in [0.15, 0.2) is 67.0 Å². The van der Waals surface area contributed by atoms with Gasteiger partial charge in [0.2, 0.25) is 0 Å². The third-order valence-electron chi connectivity index (χ3n) is 4.33. The molecule has 0 bridgehead atoms. The zero-order chi connectivity index (χ0) is 28.6. The first kappa shape index (κ1) is 37.1. The summed E-state index contributed by atoms with van der Waals surface area (Å²) in [7, 11) is 0. The second-order valence-corrected chi connectivity index (χ2v) is 7.67. The molecule has 1 aromatic rings. The molecule has 9 heteroatoms. The minimum absolute atomic E-state index is 0.0359. The fourth-order valence-electron chi connectivity index (χ4n) is 1.80. The van der Waals surface area contributed by atoms with Gasteiger partial charge in [-0.3, -0.25) is 19.4 Å². The van der Waals surface area contributed by atoms with Crippen LogP contribution in [0.4, 0.5) is 0 Å². The largest absolute Gasteiger partial charge is 0.481 e. The number of allylic oxidation sites excluding steroid dienone is 3. The lowest BCUT2D eigenvalue weighted by molar-refractivity contribution is -0.145. The van der Waals surface area contributed by atoms with Gasteiger partial charge in [0.15, 0.2) is 11.6 Å². The van der Waals surface area contributed by atoms with Crippen LogP contribution in [0, 0.1) is 5.41 Å². The summed E-state index contributed by atoms with van der Waals surface area (Å²) in [6, 6.07) is 5.72. The van der Waals surface area contributed by atoms with Gasteiger partial charge in [-0.15, -0.1) is 0 Å². The highest BCUT2D eigenvalue weighted by molar-refractivity contribution is 5.90. The van der Waals surface area contributed by atoms with Crippen LogP contribution < -0.4 is 0 Å². The molecule has 2 atom stereocenters. The Kier molecular flexibility index (Phi) is 24.0. The van der Waals surface area contributed by atoms with Crippen molar-refractivity contribution in [3.8, 4) is 0 Å². The summed E-state index contributed by atoms with van der Waals surface area (Å²) in [6.07, 6.45) is 11.1. The number of Topliss-reactive ketones (excluding diaryl/α,β-unsaturated/α-hetero) is 1. The Morgan fingerprint density at radius 2 is 1.67 bits per heavy atom. The number of hydrogen-bond acceptors (Lipinski definition) is 7. The number of nitrogens with zero attached hydrogens (tertiary/aromatic N) is 1. The van der Waals surface area contributed by atoms with Crippen molar-refractivity contribution in [3.63, 3.8) is 0 Å². The summed E-state index contributed by atoms with van der Waals surface area (Å²) >= 11 is 0. The maximum Gasteiger partial charge on any atom is 0.331 e. The third-order valence-corrected chi connectivity index (χ3v) is 4.33. The van der Waals surface area contributed by atoms with Crippen molar-refractivity contribution in [3.05, 3.63) is 67.0 Å². The molecule has 0 saturated heterocycles. The van der Waals surface area contributed by atoms with Crippen LogP contribution in [-0.4, -0.2) is 61.6 Å². The van der Waals surface area contributed by atoms with E-state index in [2.05, 4.69) is 18.5 Å². The topological polar surface area (TPSA) is 162 Å². The van der Waals surface area contributed by atoms with Crippen molar-refractivity contribution in [2.75, 3.05) is 6.61 Å². The summed E-state index contributed by atoms with van der Waals surface area (Å²) in [4.78, 5) is 45.1. The molecule has 9 nitrogen and oxygen atoms in total. The second-order valence-electron chi connectivity index (χ2n) is 7.67. The van der Waals surface area contributed by atoms with Crippen molar-refractivity contribution < 1.29 is 39.6 Å². The highest BCUT2D eigenvalue weighted by Gasteiger charge is 2.34. The van der Waals surface area contributed by atoms with Crippen LogP contribution in [0.3, 0.4) is 0 Å². The summed E-state index contributed by atoms with van der Waals surface area (Å²) < 4.78 is 0. The predicted octanol–water partition coefficient (Wildman–Crippen LogP) is 4.02. The van der Waals surface area contributed by atoms with E-state index in [1.165, 1.54) is 45.1 Å². The average molecular weight is 508 g/mol. The van der Waals surface area contributed by atoms with Crippen LogP contribution in [0.1, 0.15) is 60.3 Å². The Hall–Kier alpha value is -3.43. The molecule has 1 aromatic heterocycles. The molecule has 0 aliphatic heterocycles. The molecule has 2 unspecified atom stereocenters. The number of carboxylic acids is 2. The van der Waals surface area contributed by atoms with Crippen LogP contribution in [0.2, 0.25) is 0 Å². The number of carbonyl (C=O) groups is 4. The fourth-order valence-corrected chi connectivity index (χ4v) is 1.80. The number of hydrogen-bond donors (Lipinski definition) is 4. The van der Waals surface area contributed by atoms with Gasteiger partial charge in [0, 0.05) is 31.0 Å². The van der Waals surface area contributed by atoms with E-state index in [1.54, 1.807) is 12.4 Å². The third kappa shape index (κ3) is 22.4. The lowest BCUT2D eigenvalue weighted by atomic mass is 9.80. The van der Waals surface area contributed by atoms with Crippen molar-refractivity contribution in [1.29, 1.82) is 0 Å². The molecule has 0 aromatic carbocycles. The monoisotopic (exact) mass is 507 g/mol. The number of aliphatic hydroxyl groups is 2. The van der Waals surface area contributed by atoms with Crippen LogP contribution >= 0.6 is 0 Å². The van der Waals surface area contributed by atoms with Gasteiger partial charge in [-0.1, -0.05) is 51.1 Å². The Morgan fingerprint density at radius 3 is 1.86 bits per heavy atom. The maximum atomic E-state index is 10.8. The first-order valence-electron chi connectivity index (χ1n) is 11.5. The van der Waals surface area contributed by atoms with Crippen LogP contribution in [-0.2, 0) is 19.2 Å². The average Bonchev–Trinajstić information content (AvgIpc) is 2.86. The normalized spacial score (nSPS) is 15.7. The number of ketones is 2. The van der Waals surface area contributed by atoms with Gasteiger partial charge in [-0.25, -0.2) is 4.79 Å². The summed E-state index contributed by atoms with van der Waals surface area (Å²) in [6.45, 7) is 11.8. The highest BCUT2D eigenvalue weighted by Crippen LogP contribution is 2.31. The number of aliphatic hydroxyl groups excluding tert-OH is 2. The van der Waals surface area contributed by atoms with E-state index in [0.29, 0.717) is 13.0 Å². The standard InChI is InChI=1S/C9H10O4.C5H5N.C5H8O.C4H8O2.C4H10O/c1-9(8(12)13)4-2-3-6(5-9)7(10)11;1-2-4-6-5-3-1;1-3-5(6)4-2;1-3(5)4(2)6;1-2-3-4-5/h2-4H,5H2,1H3,(H,10,11)(H,12,13);1-5H;3H,1,4H2,2H3;3,5H,1-2H3;5H,2-4H2,1H3. The summed E-state index contributed by atoms with van der Waals surface area (Å²) in [5.41, 5.74) is -0.949. The SMILES string of the molecule is C=CC(=O)CC.CC(=O)C(C)O.CC1(C(=O)O)C=CC=C(C(=O)O)C1.CCCCO.c1ccncc1. The molecule has 0 fully saturated rings. The smallest absolute Gasteiger partial charge is 0.331 e. The minimum atomic E-state index is -1.08. The number of rotatable bonds is 7. The first-order valence-corrected chi connectivity index (χ1v) is 11.5. The molecule has 2 rings (SSSR count). The molecule has 1 aliphatic carbocycles. The van der Waals surface area contributed by atoms with Crippen molar-refractivity contribution >= 4 is 23.5 Å². The van der Waals surface area contributed by atoms with E-state index in [4.69, 9.17) is 20.4 Å². The highest BCUT2D eigenvalue weighted by atomic mass is 16.4.